The molecule has 0 bridgehead atoms. The van der Waals surface area contributed by atoms with Gasteiger partial charge in [0.15, 0.2) is 0 Å². The first-order chi connectivity index (χ1) is 10.1. The number of hydrogen-bond donors (Lipinski definition) is 3. The summed E-state index contributed by atoms with van der Waals surface area (Å²) in [5.41, 5.74) is 0.695. The Morgan fingerprint density at radius 1 is 1.43 bits per heavy atom. The number of H-pyrrole nitrogens is 1. The Balaban J connectivity index is 1.58. The van der Waals surface area contributed by atoms with Gasteiger partial charge in [-0.2, -0.15) is 0 Å². The van der Waals surface area contributed by atoms with Gasteiger partial charge in [-0.05, 0) is 24.7 Å². The molecule has 2 aliphatic rings. The fourth-order valence-corrected chi connectivity index (χ4v) is 3.46. The van der Waals surface area contributed by atoms with Crippen LogP contribution in [0.25, 0.3) is 0 Å². The SMILES string of the molecule is O=C(O)[C@@H](Cc1cnc[nH]1)NC(=O)N1CC2CCCC2C1. The Bertz CT molecular complexity index is 504. The van der Waals surface area contributed by atoms with E-state index in [1.165, 1.54) is 25.6 Å². The number of urea groups is 1. The number of imidazole rings is 1. The summed E-state index contributed by atoms with van der Waals surface area (Å²) in [5, 5.41) is 11.9. The number of aromatic amines is 1. The first-order valence-corrected chi connectivity index (χ1v) is 7.39. The second-order valence-electron chi connectivity index (χ2n) is 5.98. The molecule has 0 aromatic carbocycles. The van der Waals surface area contributed by atoms with Gasteiger partial charge in [-0.15, -0.1) is 0 Å². The van der Waals surface area contributed by atoms with Gasteiger partial charge < -0.3 is 20.3 Å². The summed E-state index contributed by atoms with van der Waals surface area (Å²) < 4.78 is 0. The topological polar surface area (TPSA) is 98.3 Å². The van der Waals surface area contributed by atoms with Crippen molar-refractivity contribution in [1.29, 1.82) is 0 Å². The molecule has 114 valence electrons. The number of carboxylic acids is 1. The van der Waals surface area contributed by atoms with Gasteiger partial charge in [-0.25, -0.2) is 14.6 Å². The van der Waals surface area contributed by atoms with Gasteiger partial charge >= 0.3 is 12.0 Å². The molecule has 21 heavy (non-hydrogen) atoms. The van der Waals surface area contributed by atoms with Crippen LogP contribution in [0.4, 0.5) is 4.79 Å². The third-order valence-corrected chi connectivity index (χ3v) is 4.59. The maximum atomic E-state index is 12.2. The second kappa shape index (κ2) is 5.75. The number of aliphatic carboxylic acids is 1. The standard InChI is InChI=1S/C14H20N4O3/c19-13(20)12(4-11-5-15-8-16-11)17-14(21)18-6-9-2-1-3-10(9)7-18/h5,8-10,12H,1-4,6-7H2,(H,15,16)(H,17,21)(H,19,20)/t9?,10?,12-/m1/s1. The first-order valence-electron chi connectivity index (χ1n) is 7.39. The molecule has 2 unspecified atom stereocenters. The van der Waals surface area contributed by atoms with Crippen LogP contribution in [-0.2, 0) is 11.2 Å². The summed E-state index contributed by atoms with van der Waals surface area (Å²) >= 11 is 0. The average Bonchev–Trinajstić information content (AvgIpc) is 3.13. The highest BCUT2D eigenvalue weighted by Gasteiger charge is 2.38. The van der Waals surface area contributed by atoms with Gasteiger partial charge in [-0.3, -0.25) is 0 Å². The average molecular weight is 292 g/mol. The molecule has 7 nitrogen and oxygen atoms in total. The van der Waals surface area contributed by atoms with E-state index in [2.05, 4.69) is 15.3 Å². The number of hydrogen-bond acceptors (Lipinski definition) is 3. The van der Waals surface area contributed by atoms with Crippen LogP contribution in [0.15, 0.2) is 12.5 Å². The van der Waals surface area contributed by atoms with Crippen molar-refractivity contribution in [1.82, 2.24) is 20.2 Å². The van der Waals surface area contributed by atoms with E-state index >= 15 is 0 Å². The highest BCUT2D eigenvalue weighted by Crippen LogP contribution is 2.37. The highest BCUT2D eigenvalue weighted by atomic mass is 16.4. The quantitative estimate of drug-likeness (QED) is 0.766. The Hall–Kier alpha value is -2.05. The maximum absolute atomic E-state index is 12.2. The second-order valence-corrected chi connectivity index (χ2v) is 5.98. The maximum Gasteiger partial charge on any atom is 0.326 e. The predicted octanol–water partition coefficient (Wildman–Crippen LogP) is 0.847. The van der Waals surface area contributed by atoms with Crippen molar-refractivity contribution in [3.05, 3.63) is 18.2 Å². The Morgan fingerprint density at radius 2 is 2.14 bits per heavy atom. The molecule has 2 fully saturated rings. The number of amides is 2. The summed E-state index contributed by atoms with van der Waals surface area (Å²) in [6, 6.07) is -1.20. The zero-order chi connectivity index (χ0) is 14.8. The molecule has 0 spiro atoms. The molecule has 1 aromatic rings. The largest absolute Gasteiger partial charge is 0.480 e. The molecule has 1 saturated heterocycles. The number of nitrogens with one attached hydrogen (secondary N) is 2. The minimum absolute atomic E-state index is 0.210. The van der Waals surface area contributed by atoms with Crippen LogP contribution in [0, 0.1) is 11.8 Å². The van der Waals surface area contributed by atoms with Gasteiger partial charge in [0, 0.05) is 31.4 Å². The lowest BCUT2D eigenvalue weighted by Crippen LogP contribution is -2.48. The van der Waals surface area contributed by atoms with E-state index in [1.807, 2.05) is 0 Å². The molecule has 3 atom stereocenters. The van der Waals surface area contributed by atoms with E-state index < -0.39 is 12.0 Å². The molecule has 1 aliphatic carbocycles. The Labute approximate surface area is 122 Å². The zero-order valence-corrected chi connectivity index (χ0v) is 11.8. The Morgan fingerprint density at radius 3 is 2.71 bits per heavy atom. The number of fused-ring (bicyclic) bond motifs is 1. The molecule has 1 saturated carbocycles. The number of rotatable bonds is 4. The van der Waals surface area contributed by atoms with Crippen molar-refractivity contribution in [2.24, 2.45) is 11.8 Å². The van der Waals surface area contributed by atoms with Crippen molar-refractivity contribution in [2.45, 2.75) is 31.7 Å². The van der Waals surface area contributed by atoms with Gasteiger partial charge in [0.1, 0.15) is 6.04 Å². The smallest absolute Gasteiger partial charge is 0.326 e. The van der Waals surface area contributed by atoms with E-state index in [0.717, 1.165) is 13.1 Å². The van der Waals surface area contributed by atoms with Crippen molar-refractivity contribution in [3.63, 3.8) is 0 Å². The van der Waals surface area contributed by atoms with Crippen LogP contribution in [0.3, 0.4) is 0 Å². The van der Waals surface area contributed by atoms with Crippen molar-refractivity contribution in [2.75, 3.05) is 13.1 Å². The normalized spacial score (nSPS) is 25.6. The predicted molar refractivity (Wildman–Crippen MR) is 74.7 cm³/mol. The number of carboxylic acid groups (broad SMARTS) is 1. The third-order valence-electron chi connectivity index (χ3n) is 4.59. The monoisotopic (exact) mass is 292 g/mol. The summed E-state index contributed by atoms with van der Waals surface area (Å²) in [6.07, 6.45) is 6.90. The lowest BCUT2D eigenvalue weighted by molar-refractivity contribution is -0.139. The van der Waals surface area contributed by atoms with Crippen molar-refractivity contribution < 1.29 is 14.7 Å². The number of carbonyl (C=O) groups excluding carboxylic acids is 1. The number of carbonyl (C=O) groups is 2. The van der Waals surface area contributed by atoms with Crippen LogP contribution in [-0.4, -0.2) is 51.1 Å². The molecule has 1 aliphatic heterocycles. The van der Waals surface area contributed by atoms with Gasteiger partial charge in [0.25, 0.3) is 0 Å². The van der Waals surface area contributed by atoms with E-state index in [1.54, 1.807) is 11.1 Å². The van der Waals surface area contributed by atoms with Gasteiger partial charge in [0.05, 0.1) is 6.33 Å². The molecule has 2 amide bonds. The lowest BCUT2D eigenvalue weighted by Gasteiger charge is -2.21. The number of likely N-dealkylation sites (tertiary alicyclic amines) is 1. The third kappa shape index (κ3) is 3.01. The fraction of sp³-hybridized carbons (Fsp3) is 0.643. The Kier molecular flexibility index (Phi) is 3.81. The van der Waals surface area contributed by atoms with Crippen LogP contribution in [0.2, 0.25) is 0 Å². The van der Waals surface area contributed by atoms with Crippen LogP contribution in [0.5, 0.6) is 0 Å². The summed E-state index contributed by atoms with van der Waals surface area (Å²) in [7, 11) is 0. The molecule has 7 heteroatoms. The van der Waals surface area contributed by atoms with E-state index in [9.17, 15) is 14.7 Å². The number of aromatic nitrogens is 2. The van der Waals surface area contributed by atoms with Crippen LogP contribution < -0.4 is 5.32 Å². The number of nitrogens with zero attached hydrogens (tertiary/aromatic N) is 2. The van der Waals surface area contributed by atoms with E-state index in [0.29, 0.717) is 17.5 Å². The van der Waals surface area contributed by atoms with Gasteiger partial charge in [0.2, 0.25) is 0 Å². The van der Waals surface area contributed by atoms with E-state index in [-0.39, 0.29) is 12.5 Å². The molecular formula is C14H20N4O3. The fourth-order valence-electron chi connectivity index (χ4n) is 3.46. The first kappa shape index (κ1) is 13.9. The molecule has 2 heterocycles. The molecular weight excluding hydrogens is 272 g/mol. The minimum atomic E-state index is -1.03. The minimum Gasteiger partial charge on any atom is -0.480 e. The molecule has 3 rings (SSSR count). The summed E-state index contributed by atoms with van der Waals surface area (Å²) in [4.78, 5) is 32.0. The molecule has 0 radical (unpaired) electrons. The summed E-state index contributed by atoms with van der Waals surface area (Å²) in [6.45, 7) is 1.51. The zero-order valence-electron chi connectivity index (χ0n) is 11.8. The van der Waals surface area contributed by atoms with E-state index in [4.69, 9.17) is 0 Å². The lowest BCUT2D eigenvalue weighted by atomic mass is 10.0. The van der Waals surface area contributed by atoms with Crippen LogP contribution >= 0.6 is 0 Å². The molecule has 3 N–H and O–H groups in total. The van der Waals surface area contributed by atoms with Crippen LogP contribution in [0.1, 0.15) is 25.0 Å². The van der Waals surface area contributed by atoms with Crippen molar-refractivity contribution >= 4 is 12.0 Å². The molecule has 1 aromatic heterocycles. The highest BCUT2D eigenvalue weighted by molar-refractivity contribution is 5.83. The van der Waals surface area contributed by atoms with Gasteiger partial charge in [-0.1, -0.05) is 6.42 Å². The van der Waals surface area contributed by atoms with Crippen molar-refractivity contribution in [3.8, 4) is 0 Å². The summed E-state index contributed by atoms with van der Waals surface area (Å²) in [5.74, 6) is 0.176.